The van der Waals surface area contributed by atoms with Crippen molar-refractivity contribution >= 4 is 33.2 Å². The molecule has 1 amide bonds. The quantitative estimate of drug-likeness (QED) is 0.807. The zero-order valence-corrected chi connectivity index (χ0v) is 16.8. The maximum Gasteiger partial charge on any atom is 0.238 e. The predicted molar refractivity (Wildman–Crippen MR) is 109 cm³/mol. The molecular weight excluding hydrogens is 394 g/mol. The van der Waals surface area contributed by atoms with Crippen molar-refractivity contribution in [2.75, 3.05) is 50.1 Å². The molecule has 2 aromatic carbocycles. The number of hydrogen-bond donors (Lipinski definition) is 1. The van der Waals surface area contributed by atoms with Crippen LogP contribution >= 0.6 is 15.9 Å². The molecule has 0 spiro atoms. The van der Waals surface area contributed by atoms with E-state index in [2.05, 4.69) is 43.2 Å². The van der Waals surface area contributed by atoms with Crippen LogP contribution in [0, 0.1) is 6.92 Å². The van der Waals surface area contributed by atoms with Gasteiger partial charge in [0.15, 0.2) is 0 Å². The highest BCUT2D eigenvalue weighted by Gasteiger charge is 2.19. The summed E-state index contributed by atoms with van der Waals surface area (Å²) in [6.07, 6.45) is 0. The van der Waals surface area contributed by atoms with E-state index in [-0.39, 0.29) is 5.91 Å². The minimum absolute atomic E-state index is 0.0208. The largest absolute Gasteiger partial charge is 0.497 e. The van der Waals surface area contributed by atoms with Crippen molar-refractivity contribution in [2.24, 2.45) is 0 Å². The molecular formula is C20H24BrN3O2. The van der Waals surface area contributed by atoms with Gasteiger partial charge in [0.1, 0.15) is 5.75 Å². The Kier molecular flexibility index (Phi) is 6.16. The fourth-order valence-corrected chi connectivity index (χ4v) is 3.66. The molecule has 1 N–H and O–H groups in total. The Hall–Kier alpha value is -2.05. The Labute approximate surface area is 163 Å². The van der Waals surface area contributed by atoms with Crippen LogP contribution in [0.15, 0.2) is 46.9 Å². The molecule has 0 radical (unpaired) electrons. The molecule has 1 heterocycles. The van der Waals surface area contributed by atoms with Crippen molar-refractivity contribution in [1.29, 1.82) is 0 Å². The average Bonchev–Trinajstić information content (AvgIpc) is 2.65. The molecule has 0 atom stereocenters. The van der Waals surface area contributed by atoms with Crippen molar-refractivity contribution in [1.82, 2.24) is 4.90 Å². The SMILES string of the molecule is COc1ccc(N2CCN(CC(=O)Nc3ccc(C)cc3Br)CC2)cc1. The van der Waals surface area contributed by atoms with Crippen LogP contribution in [0.1, 0.15) is 5.56 Å². The summed E-state index contributed by atoms with van der Waals surface area (Å²) < 4.78 is 6.12. The average molecular weight is 418 g/mol. The Balaban J connectivity index is 1.49. The van der Waals surface area contributed by atoms with Gasteiger partial charge in [0, 0.05) is 36.3 Å². The van der Waals surface area contributed by atoms with E-state index in [1.807, 2.05) is 37.3 Å². The number of anilines is 2. The van der Waals surface area contributed by atoms with Gasteiger partial charge in [-0.2, -0.15) is 0 Å². The standard InChI is InChI=1S/C20H24BrN3O2/c1-15-3-8-19(18(21)13-15)22-20(25)14-23-9-11-24(12-10-23)16-4-6-17(26-2)7-5-16/h3-8,13H,9-12,14H2,1-2H3,(H,22,25). The number of nitrogens with zero attached hydrogens (tertiary/aromatic N) is 2. The maximum atomic E-state index is 12.3. The molecule has 0 aliphatic carbocycles. The molecule has 6 heteroatoms. The van der Waals surface area contributed by atoms with E-state index in [0.717, 1.165) is 47.7 Å². The van der Waals surface area contributed by atoms with Crippen LogP contribution in [0.3, 0.4) is 0 Å². The molecule has 1 fully saturated rings. The van der Waals surface area contributed by atoms with Crippen LogP contribution in [0.25, 0.3) is 0 Å². The number of nitrogens with one attached hydrogen (secondary N) is 1. The molecule has 0 bridgehead atoms. The van der Waals surface area contributed by atoms with E-state index in [1.54, 1.807) is 7.11 Å². The van der Waals surface area contributed by atoms with Crippen molar-refractivity contribution in [3.05, 3.63) is 52.5 Å². The molecule has 26 heavy (non-hydrogen) atoms. The summed E-state index contributed by atoms with van der Waals surface area (Å²) in [4.78, 5) is 16.9. The van der Waals surface area contributed by atoms with Crippen LogP contribution in [0.4, 0.5) is 11.4 Å². The summed E-state index contributed by atoms with van der Waals surface area (Å²) in [5.74, 6) is 0.888. The van der Waals surface area contributed by atoms with Crippen molar-refractivity contribution in [3.8, 4) is 5.75 Å². The van der Waals surface area contributed by atoms with E-state index in [1.165, 1.54) is 5.69 Å². The third kappa shape index (κ3) is 4.77. The highest BCUT2D eigenvalue weighted by Crippen LogP contribution is 2.23. The number of carbonyl (C=O) groups excluding carboxylic acids is 1. The van der Waals surface area contributed by atoms with Gasteiger partial charge in [-0.1, -0.05) is 6.07 Å². The van der Waals surface area contributed by atoms with Gasteiger partial charge in [-0.05, 0) is 64.8 Å². The minimum atomic E-state index is 0.0208. The van der Waals surface area contributed by atoms with Crippen LogP contribution < -0.4 is 15.0 Å². The fourth-order valence-electron chi connectivity index (χ4n) is 3.07. The number of methoxy groups -OCH3 is 1. The normalized spacial score (nSPS) is 15.0. The van der Waals surface area contributed by atoms with Gasteiger partial charge in [0.25, 0.3) is 0 Å². The van der Waals surface area contributed by atoms with Crippen LogP contribution in [-0.2, 0) is 4.79 Å². The molecule has 2 aromatic rings. The molecule has 3 rings (SSSR count). The first kappa shape index (κ1) is 18.7. The number of benzene rings is 2. The summed E-state index contributed by atoms with van der Waals surface area (Å²) in [5.41, 5.74) is 3.17. The lowest BCUT2D eigenvalue weighted by atomic mass is 10.2. The summed E-state index contributed by atoms with van der Waals surface area (Å²) in [7, 11) is 1.67. The number of piperazine rings is 1. The second kappa shape index (κ2) is 8.56. The molecule has 1 aliphatic heterocycles. The number of carbonyl (C=O) groups is 1. The van der Waals surface area contributed by atoms with E-state index in [0.29, 0.717) is 6.54 Å². The monoisotopic (exact) mass is 417 g/mol. The van der Waals surface area contributed by atoms with Crippen molar-refractivity contribution in [2.45, 2.75) is 6.92 Å². The number of ether oxygens (including phenoxy) is 1. The van der Waals surface area contributed by atoms with Crippen LogP contribution in [-0.4, -0.2) is 50.6 Å². The number of amides is 1. The van der Waals surface area contributed by atoms with Gasteiger partial charge in [-0.3, -0.25) is 9.69 Å². The zero-order valence-electron chi connectivity index (χ0n) is 15.2. The summed E-state index contributed by atoms with van der Waals surface area (Å²) in [6, 6.07) is 14.0. The lowest BCUT2D eigenvalue weighted by Gasteiger charge is -2.35. The van der Waals surface area contributed by atoms with Crippen LogP contribution in [0.5, 0.6) is 5.75 Å². The van der Waals surface area contributed by atoms with E-state index < -0.39 is 0 Å². The molecule has 0 unspecified atom stereocenters. The maximum absolute atomic E-state index is 12.3. The molecule has 0 saturated carbocycles. The van der Waals surface area contributed by atoms with Crippen molar-refractivity contribution in [3.63, 3.8) is 0 Å². The molecule has 138 valence electrons. The smallest absolute Gasteiger partial charge is 0.238 e. The van der Waals surface area contributed by atoms with Gasteiger partial charge >= 0.3 is 0 Å². The second-order valence-corrected chi connectivity index (χ2v) is 7.35. The third-order valence-corrected chi connectivity index (χ3v) is 5.23. The Morgan fingerprint density at radius 1 is 1.12 bits per heavy atom. The summed E-state index contributed by atoms with van der Waals surface area (Å²) in [5, 5.41) is 2.99. The number of rotatable bonds is 5. The molecule has 1 aliphatic rings. The number of aryl methyl sites for hydroxylation is 1. The van der Waals surface area contributed by atoms with E-state index >= 15 is 0 Å². The molecule has 1 saturated heterocycles. The molecule has 0 aromatic heterocycles. The van der Waals surface area contributed by atoms with E-state index in [9.17, 15) is 4.79 Å². The van der Waals surface area contributed by atoms with Gasteiger partial charge in [-0.25, -0.2) is 0 Å². The minimum Gasteiger partial charge on any atom is -0.497 e. The van der Waals surface area contributed by atoms with E-state index in [4.69, 9.17) is 4.74 Å². The number of halogens is 1. The van der Waals surface area contributed by atoms with Crippen LogP contribution in [0.2, 0.25) is 0 Å². The van der Waals surface area contributed by atoms with Gasteiger partial charge < -0.3 is 15.0 Å². The second-order valence-electron chi connectivity index (χ2n) is 6.49. The summed E-state index contributed by atoms with van der Waals surface area (Å²) in [6.45, 7) is 6.00. The van der Waals surface area contributed by atoms with Gasteiger partial charge in [-0.15, -0.1) is 0 Å². The lowest BCUT2D eigenvalue weighted by Crippen LogP contribution is -2.48. The fraction of sp³-hybridized carbons (Fsp3) is 0.350. The third-order valence-electron chi connectivity index (χ3n) is 4.58. The highest BCUT2D eigenvalue weighted by molar-refractivity contribution is 9.10. The Morgan fingerprint density at radius 2 is 1.81 bits per heavy atom. The first-order chi connectivity index (χ1) is 12.5. The van der Waals surface area contributed by atoms with Gasteiger partial charge in [0.2, 0.25) is 5.91 Å². The highest BCUT2D eigenvalue weighted by atomic mass is 79.9. The zero-order chi connectivity index (χ0) is 18.5. The Bertz CT molecular complexity index is 756. The number of hydrogen-bond acceptors (Lipinski definition) is 4. The predicted octanol–water partition coefficient (Wildman–Crippen LogP) is 3.53. The lowest BCUT2D eigenvalue weighted by molar-refractivity contribution is -0.117. The summed E-state index contributed by atoms with van der Waals surface area (Å²) >= 11 is 3.50. The molecule has 5 nitrogen and oxygen atoms in total. The Morgan fingerprint density at radius 3 is 2.42 bits per heavy atom. The van der Waals surface area contributed by atoms with Gasteiger partial charge in [0.05, 0.1) is 19.3 Å². The van der Waals surface area contributed by atoms with Crippen molar-refractivity contribution < 1.29 is 9.53 Å². The first-order valence-electron chi connectivity index (χ1n) is 8.72. The first-order valence-corrected chi connectivity index (χ1v) is 9.52. The topological polar surface area (TPSA) is 44.8 Å².